The predicted octanol–water partition coefficient (Wildman–Crippen LogP) is 1.32. The summed E-state index contributed by atoms with van der Waals surface area (Å²) in [5.74, 6) is -0.982. The Bertz CT molecular complexity index is 700. The van der Waals surface area contributed by atoms with Gasteiger partial charge in [0.25, 0.3) is 5.91 Å². The van der Waals surface area contributed by atoms with Crippen molar-refractivity contribution in [2.24, 2.45) is 11.7 Å². The van der Waals surface area contributed by atoms with Gasteiger partial charge in [-0.1, -0.05) is 0 Å². The number of ether oxygens (including phenoxy) is 1. The van der Waals surface area contributed by atoms with Crippen LogP contribution in [0.15, 0.2) is 6.20 Å². The summed E-state index contributed by atoms with van der Waals surface area (Å²) < 4.78 is 6.78. The smallest absolute Gasteiger partial charge is 0.407 e. The molecule has 0 saturated heterocycles. The highest BCUT2D eigenvalue weighted by Crippen LogP contribution is 2.34. The van der Waals surface area contributed by atoms with Crippen LogP contribution in [-0.4, -0.2) is 33.4 Å². The molecule has 0 aromatic carbocycles. The molecule has 136 valence electrons. The average Bonchev–Trinajstić information content (AvgIpc) is 2.87. The van der Waals surface area contributed by atoms with Crippen LogP contribution in [0.4, 0.5) is 10.6 Å². The Hall–Kier alpha value is -2.76. The van der Waals surface area contributed by atoms with Crippen molar-refractivity contribution >= 4 is 17.8 Å². The van der Waals surface area contributed by atoms with E-state index in [1.54, 1.807) is 20.8 Å². The highest BCUT2D eigenvalue weighted by atomic mass is 16.6. The van der Waals surface area contributed by atoms with Crippen molar-refractivity contribution in [1.29, 1.82) is 5.26 Å². The lowest BCUT2D eigenvalue weighted by Crippen LogP contribution is -2.43. The van der Waals surface area contributed by atoms with E-state index in [0.717, 1.165) is 0 Å². The van der Waals surface area contributed by atoms with E-state index >= 15 is 0 Å². The molecule has 0 radical (unpaired) electrons. The molecule has 0 aliphatic heterocycles. The molecule has 0 spiro atoms. The third-order valence-corrected chi connectivity index (χ3v) is 4.07. The molecule has 1 fully saturated rings. The molecule has 2 rings (SSSR count). The number of nitrogens with one attached hydrogen (secondary N) is 1. The third-order valence-electron chi connectivity index (χ3n) is 4.07. The van der Waals surface area contributed by atoms with Crippen LogP contribution in [0, 0.1) is 17.2 Å². The molecule has 0 bridgehead atoms. The highest BCUT2D eigenvalue weighted by molar-refractivity contribution is 5.96. The zero-order valence-corrected chi connectivity index (χ0v) is 14.7. The fourth-order valence-electron chi connectivity index (χ4n) is 2.98. The number of alkyl carbamates (subject to hydrolysis) is 1. The number of aromatic nitrogens is 2. The minimum Gasteiger partial charge on any atom is -0.444 e. The van der Waals surface area contributed by atoms with Gasteiger partial charge in [0.15, 0.2) is 5.82 Å². The molecule has 25 heavy (non-hydrogen) atoms. The van der Waals surface area contributed by atoms with E-state index in [0.29, 0.717) is 19.3 Å². The first-order chi connectivity index (χ1) is 11.6. The van der Waals surface area contributed by atoms with Gasteiger partial charge < -0.3 is 21.5 Å². The summed E-state index contributed by atoms with van der Waals surface area (Å²) in [6.45, 7) is 5.38. The first kappa shape index (κ1) is 18.6. The van der Waals surface area contributed by atoms with E-state index in [1.807, 2.05) is 0 Å². The molecular formula is C16H24N6O3. The van der Waals surface area contributed by atoms with Crippen molar-refractivity contribution in [2.45, 2.75) is 57.7 Å². The van der Waals surface area contributed by atoms with Gasteiger partial charge in [-0.2, -0.15) is 10.4 Å². The van der Waals surface area contributed by atoms with Crippen molar-refractivity contribution in [1.82, 2.24) is 15.1 Å². The molecule has 1 aromatic heterocycles. The quantitative estimate of drug-likeness (QED) is 0.750. The van der Waals surface area contributed by atoms with Crippen molar-refractivity contribution in [3.8, 4) is 6.07 Å². The summed E-state index contributed by atoms with van der Waals surface area (Å²) in [7, 11) is 0. The maximum atomic E-state index is 11.9. The molecule has 9 nitrogen and oxygen atoms in total. The minimum atomic E-state index is -0.655. The van der Waals surface area contributed by atoms with Gasteiger partial charge >= 0.3 is 6.09 Å². The summed E-state index contributed by atoms with van der Waals surface area (Å²) in [6.07, 6.45) is 2.72. The standard InChI is InChI=1S/C16H24N6O3/c1-16(2,3)25-15(24)20-10-4-5-12(9(6-10)7-17)22-8-11(14(19)23)13(18)21-22/h8-10,12H,4-6H2,1-3H3,(H2,18,21)(H2,19,23)(H,20,24). The molecule has 2 amide bonds. The molecule has 9 heteroatoms. The monoisotopic (exact) mass is 348 g/mol. The second kappa shape index (κ2) is 7.01. The van der Waals surface area contributed by atoms with Crippen LogP contribution in [0.3, 0.4) is 0 Å². The second-order valence-electron chi connectivity index (χ2n) is 7.23. The van der Waals surface area contributed by atoms with E-state index in [2.05, 4.69) is 16.5 Å². The van der Waals surface area contributed by atoms with Crippen LogP contribution < -0.4 is 16.8 Å². The van der Waals surface area contributed by atoms with Crippen molar-refractivity contribution < 1.29 is 14.3 Å². The summed E-state index contributed by atoms with van der Waals surface area (Å²) in [4.78, 5) is 23.2. The molecule has 3 unspecified atom stereocenters. The summed E-state index contributed by atoms with van der Waals surface area (Å²) in [5, 5.41) is 16.4. The fraction of sp³-hybridized carbons (Fsp3) is 0.625. The summed E-state index contributed by atoms with van der Waals surface area (Å²) >= 11 is 0. The Morgan fingerprint density at radius 3 is 2.64 bits per heavy atom. The Morgan fingerprint density at radius 2 is 2.12 bits per heavy atom. The maximum absolute atomic E-state index is 11.9. The van der Waals surface area contributed by atoms with Crippen molar-refractivity contribution in [2.75, 3.05) is 5.73 Å². The largest absolute Gasteiger partial charge is 0.444 e. The molecule has 1 aromatic rings. The number of carbonyl (C=O) groups is 2. The summed E-state index contributed by atoms with van der Waals surface area (Å²) in [5.41, 5.74) is 10.5. The zero-order valence-electron chi connectivity index (χ0n) is 14.7. The van der Waals surface area contributed by atoms with E-state index in [9.17, 15) is 14.9 Å². The van der Waals surface area contributed by atoms with E-state index < -0.39 is 17.6 Å². The van der Waals surface area contributed by atoms with Crippen molar-refractivity contribution in [3.05, 3.63) is 11.8 Å². The Labute approximate surface area is 146 Å². The average molecular weight is 348 g/mol. The van der Waals surface area contributed by atoms with Gasteiger partial charge in [0.05, 0.1) is 18.0 Å². The van der Waals surface area contributed by atoms with Crippen LogP contribution in [-0.2, 0) is 4.74 Å². The lowest BCUT2D eigenvalue weighted by molar-refractivity contribution is 0.0479. The number of carbonyl (C=O) groups excluding carboxylic acids is 2. The number of nitrogens with two attached hydrogens (primary N) is 2. The van der Waals surface area contributed by atoms with Gasteiger partial charge in [0.2, 0.25) is 0 Å². The topological polar surface area (TPSA) is 149 Å². The number of amides is 2. The van der Waals surface area contributed by atoms with Gasteiger partial charge in [-0.05, 0) is 40.0 Å². The number of nitrogens with zero attached hydrogens (tertiary/aromatic N) is 3. The first-order valence-electron chi connectivity index (χ1n) is 8.14. The lowest BCUT2D eigenvalue weighted by Gasteiger charge is -2.33. The van der Waals surface area contributed by atoms with Gasteiger partial charge in [-0.25, -0.2) is 4.79 Å². The number of anilines is 1. The number of nitriles is 1. The normalized spacial score (nSPS) is 23.5. The predicted molar refractivity (Wildman–Crippen MR) is 90.3 cm³/mol. The molecule has 5 N–H and O–H groups in total. The van der Waals surface area contributed by atoms with Gasteiger partial charge in [-0.3, -0.25) is 9.48 Å². The SMILES string of the molecule is CC(C)(C)OC(=O)NC1CCC(n2cc(C(N)=O)c(N)n2)C(C#N)C1. The Balaban J connectivity index is 2.05. The molecule has 1 heterocycles. The number of primary amides is 1. The molecule has 1 aliphatic rings. The van der Waals surface area contributed by atoms with Crippen LogP contribution >= 0.6 is 0 Å². The van der Waals surface area contributed by atoms with E-state index in [-0.39, 0.29) is 29.4 Å². The second-order valence-corrected chi connectivity index (χ2v) is 7.23. The number of nitrogen functional groups attached to an aromatic ring is 1. The number of hydrogen-bond donors (Lipinski definition) is 3. The number of hydrogen-bond acceptors (Lipinski definition) is 6. The lowest BCUT2D eigenvalue weighted by atomic mass is 9.82. The van der Waals surface area contributed by atoms with Gasteiger partial charge in [-0.15, -0.1) is 0 Å². The van der Waals surface area contributed by atoms with Crippen LogP contribution in [0.25, 0.3) is 0 Å². The molecule has 3 atom stereocenters. The summed E-state index contributed by atoms with van der Waals surface area (Å²) in [6, 6.07) is 1.87. The Kier molecular flexibility index (Phi) is 5.21. The molecule has 1 saturated carbocycles. The zero-order chi connectivity index (χ0) is 18.8. The molecule has 1 aliphatic carbocycles. The minimum absolute atomic E-state index is 0.0539. The third kappa shape index (κ3) is 4.62. The highest BCUT2D eigenvalue weighted by Gasteiger charge is 2.34. The van der Waals surface area contributed by atoms with Crippen molar-refractivity contribution in [3.63, 3.8) is 0 Å². The first-order valence-corrected chi connectivity index (χ1v) is 8.14. The van der Waals surface area contributed by atoms with Gasteiger partial charge in [0, 0.05) is 12.2 Å². The molecular weight excluding hydrogens is 324 g/mol. The maximum Gasteiger partial charge on any atom is 0.407 e. The van der Waals surface area contributed by atoms with Crippen LogP contribution in [0.1, 0.15) is 56.4 Å². The van der Waals surface area contributed by atoms with Crippen LogP contribution in [0.2, 0.25) is 0 Å². The van der Waals surface area contributed by atoms with E-state index in [4.69, 9.17) is 16.2 Å². The Morgan fingerprint density at radius 1 is 1.44 bits per heavy atom. The van der Waals surface area contributed by atoms with E-state index in [1.165, 1.54) is 10.9 Å². The van der Waals surface area contributed by atoms with Crippen LogP contribution in [0.5, 0.6) is 0 Å². The fourth-order valence-corrected chi connectivity index (χ4v) is 2.98. The van der Waals surface area contributed by atoms with Gasteiger partial charge in [0.1, 0.15) is 11.2 Å². The number of rotatable bonds is 3.